The van der Waals surface area contributed by atoms with Crippen molar-refractivity contribution < 1.29 is 32.6 Å². The Balaban J connectivity index is 3.06. The van der Waals surface area contributed by atoms with Gasteiger partial charge in [0.1, 0.15) is 0 Å². The van der Waals surface area contributed by atoms with Crippen LogP contribution < -0.4 is 0 Å². The molecule has 0 aliphatic carbocycles. The lowest BCUT2D eigenvalue weighted by molar-refractivity contribution is -0.209. The predicted molar refractivity (Wildman–Crippen MR) is 91.9 cm³/mol. The van der Waals surface area contributed by atoms with E-state index in [1.54, 1.807) is 41.5 Å². The van der Waals surface area contributed by atoms with E-state index < -0.39 is 51.3 Å². The zero-order chi connectivity index (χ0) is 19.8. The summed E-state index contributed by atoms with van der Waals surface area (Å²) in [5.74, 6) is -1.18. The number of esters is 2. The summed E-state index contributed by atoms with van der Waals surface area (Å²) in [6, 6.07) is 0. The van der Waals surface area contributed by atoms with Gasteiger partial charge < -0.3 is 14.2 Å². The first-order chi connectivity index (χ1) is 11.0. The van der Waals surface area contributed by atoms with E-state index >= 15 is 0 Å². The normalized spacial score (nSPS) is 28.4. The summed E-state index contributed by atoms with van der Waals surface area (Å²) in [4.78, 5) is 23.2. The van der Waals surface area contributed by atoms with E-state index in [1.807, 2.05) is 0 Å². The number of halogens is 4. The van der Waals surface area contributed by atoms with Crippen molar-refractivity contribution in [3.63, 3.8) is 0 Å². The molecule has 25 heavy (non-hydrogen) atoms. The lowest BCUT2D eigenvalue weighted by Gasteiger charge is -2.41. The molecule has 0 saturated carbocycles. The lowest BCUT2D eigenvalue weighted by atomic mass is 9.95. The van der Waals surface area contributed by atoms with Crippen LogP contribution in [0.5, 0.6) is 0 Å². The molecule has 1 rings (SSSR count). The monoisotopic (exact) mass is 448 g/mol. The molecule has 0 bridgehead atoms. The van der Waals surface area contributed by atoms with Crippen molar-refractivity contribution in [2.75, 3.05) is 6.61 Å². The molecule has 0 aromatic rings. The van der Waals surface area contributed by atoms with Crippen LogP contribution in [0.25, 0.3) is 0 Å². The third-order valence-corrected chi connectivity index (χ3v) is 4.67. The fourth-order valence-electron chi connectivity index (χ4n) is 1.89. The highest BCUT2D eigenvalue weighted by Gasteiger charge is 2.54. The van der Waals surface area contributed by atoms with Crippen molar-refractivity contribution >= 4 is 39.5 Å². The molecule has 0 amide bonds. The van der Waals surface area contributed by atoms with Crippen molar-refractivity contribution in [3.05, 3.63) is 0 Å². The maximum absolute atomic E-state index is 13.5. The number of rotatable bonds is 3. The van der Waals surface area contributed by atoms with Crippen LogP contribution in [0, 0.1) is 10.8 Å². The summed E-state index contributed by atoms with van der Waals surface area (Å²) in [5, 5.41) is -3.68. The summed E-state index contributed by atoms with van der Waals surface area (Å²) in [6.45, 7) is 9.47. The minimum atomic E-state index is -3.68. The maximum Gasteiger partial charge on any atom is 0.348 e. The van der Waals surface area contributed by atoms with E-state index in [0.717, 1.165) is 0 Å². The smallest absolute Gasteiger partial charge is 0.348 e. The lowest BCUT2D eigenvalue weighted by Crippen LogP contribution is -2.58. The standard InChI is InChI=1S/C16H24BrClF2O5/c1-14(2,3)12(21)24-8-7-23-11(16(18,19)20)9(17)10(8)25-13(22)15(4,5)6/h8-11H,7H2,1-6H3/t8-,9-,10+,11-/m1/s1. The minimum Gasteiger partial charge on any atom is -0.457 e. The Kier molecular flexibility index (Phi) is 6.90. The molecule has 4 atom stereocenters. The first kappa shape index (κ1) is 22.6. The Morgan fingerprint density at radius 3 is 1.88 bits per heavy atom. The summed E-state index contributed by atoms with van der Waals surface area (Å²) < 4.78 is 42.9. The topological polar surface area (TPSA) is 61.8 Å². The molecule has 0 aromatic heterocycles. The average Bonchev–Trinajstić information content (AvgIpc) is 2.38. The second-order valence-electron chi connectivity index (χ2n) is 8.05. The first-order valence-electron chi connectivity index (χ1n) is 7.79. The molecule has 0 aromatic carbocycles. The van der Waals surface area contributed by atoms with E-state index in [4.69, 9.17) is 25.8 Å². The number of carbonyl (C=O) groups is 2. The number of alkyl halides is 4. The highest BCUT2D eigenvalue weighted by molar-refractivity contribution is 9.09. The molecule has 1 aliphatic heterocycles. The second-order valence-corrected chi connectivity index (χ2v) is 9.61. The Morgan fingerprint density at radius 2 is 1.48 bits per heavy atom. The molecular weight excluding hydrogens is 426 g/mol. The summed E-state index contributed by atoms with van der Waals surface area (Å²) in [6.07, 6.45) is -3.93. The molecule has 1 aliphatic rings. The predicted octanol–water partition coefficient (Wildman–Crippen LogP) is 3.90. The molecule has 0 spiro atoms. The minimum absolute atomic E-state index is 0.362. The van der Waals surface area contributed by atoms with Gasteiger partial charge in [0.05, 0.1) is 22.3 Å². The number of hydrogen-bond donors (Lipinski definition) is 0. The fraction of sp³-hybridized carbons (Fsp3) is 0.875. The van der Waals surface area contributed by atoms with Gasteiger partial charge in [-0.1, -0.05) is 15.9 Å². The van der Waals surface area contributed by atoms with E-state index in [0.29, 0.717) is 0 Å². The number of carbonyl (C=O) groups excluding carboxylic acids is 2. The van der Waals surface area contributed by atoms with E-state index in [-0.39, 0.29) is 6.61 Å². The van der Waals surface area contributed by atoms with Gasteiger partial charge in [-0.05, 0) is 53.1 Å². The van der Waals surface area contributed by atoms with Crippen LogP contribution in [0.15, 0.2) is 0 Å². The molecule has 9 heteroatoms. The summed E-state index contributed by atoms with van der Waals surface area (Å²) in [7, 11) is 0. The Bertz CT molecular complexity index is 510. The van der Waals surface area contributed by atoms with Crippen LogP contribution in [0.3, 0.4) is 0 Å². The zero-order valence-electron chi connectivity index (χ0n) is 15.1. The van der Waals surface area contributed by atoms with Crippen LogP contribution in [0.1, 0.15) is 41.5 Å². The molecule has 1 fully saturated rings. The molecule has 1 heterocycles. The van der Waals surface area contributed by atoms with Crippen LogP contribution >= 0.6 is 27.5 Å². The Labute approximate surface area is 159 Å². The molecule has 0 N–H and O–H groups in total. The Morgan fingerprint density at radius 1 is 1.04 bits per heavy atom. The SMILES string of the molecule is CC(C)(C)C(=O)O[C@@H]1[C@@H](Br)[C@H](C(F)(F)Cl)OC[C@H]1OC(=O)C(C)(C)C. The fourth-order valence-corrected chi connectivity index (χ4v) is 3.18. The molecular formula is C16H24BrClF2O5. The first-order valence-corrected chi connectivity index (χ1v) is 9.09. The summed E-state index contributed by atoms with van der Waals surface area (Å²) >= 11 is 8.16. The maximum atomic E-state index is 13.5. The van der Waals surface area contributed by atoms with Gasteiger partial charge in [-0.15, -0.1) is 0 Å². The van der Waals surface area contributed by atoms with Crippen molar-refractivity contribution in [3.8, 4) is 0 Å². The number of ether oxygens (including phenoxy) is 3. The van der Waals surface area contributed by atoms with Gasteiger partial charge in [-0.2, -0.15) is 8.78 Å². The van der Waals surface area contributed by atoms with Crippen molar-refractivity contribution in [2.45, 2.75) is 70.1 Å². The zero-order valence-corrected chi connectivity index (χ0v) is 17.4. The van der Waals surface area contributed by atoms with Crippen LogP contribution in [-0.2, 0) is 23.8 Å². The van der Waals surface area contributed by atoms with E-state index in [2.05, 4.69) is 15.9 Å². The van der Waals surface area contributed by atoms with Crippen LogP contribution in [0.2, 0.25) is 0 Å². The summed E-state index contributed by atoms with van der Waals surface area (Å²) in [5.41, 5.74) is -1.67. The van der Waals surface area contributed by atoms with Gasteiger partial charge in [0, 0.05) is 0 Å². The van der Waals surface area contributed by atoms with Gasteiger partial charge >= 0.3 is 17.3 Å². The van der Waals surface area contributed by atoms with Crippen molar-refractivity contribution in [2.24, 2.45) is 10.8 Å². The van der Waals surface area contributed by atoms with E-state index in [9.17, 15) is 18.4 Å². The quantitative estimate of drug-likeness (QED) is 0.483. The van der Waals surface area contributed by atoms with Gasteiger partial charge in [0.25, 0.3) is 0 Å². The van der Waals surface area contributed by atoms with Gasteiger partial charge in [-0.25, -0.2) is 0 Å². The third kappa shape index (κ3) is 6.03. The van der Waals surface area contributed by atoms with Gasteiger partial charge in [-0.3, -0.25) is 9.59 Å². The van der Waals surface area contributed by atoms with Crippen molar-refractivity contribution in [1.82, 2.24) is 0 Å². The third-order valence-electron chi connectivity index (χ3n) is 3.46. The molecule has 146 valence electrons. The molecule has 0 unspecified atom stereocenters. The Hall–Kier alpha value is -0.470. The molecule has 0 radical (unpaired) electrons. The number of hydrogen-bond acceptors (Lipinski definition) is 5. The van der Waals surface area contributed by atoms with Gasteiger partial charge in [0.2, 0.25) is 0 Å². The molecule has 1 saturated heterocycles. The average molecular weight is 450 g/mol. The highest BCUT2D eigenvalue weighted by Crippen LogP contribution is 2.38. The largest absolute Gasteiger partial charge is 0.457 e. The van der Waals surface area contributed by atoms with Crippen LogP contribution in [0.4, 0.5) is 8.78 Å². The van der Waals surface area contributed by atoms with E-state index in [1.165, 1.54) is 0 Å². The van der Waals surface area contributed by atoms with Gasteiger partial charge in [0.15, 0.2) is 18.3 Å². The highest BCUT2D eigenvalue weighted by atomic mass is 79.9. The van der Waals surface area contributed by atoms with Crippen molar-refractivity contribution in [1.29, 1.82) is 0 Å². The van der Waals surface area contributed by atoms with Crippen LogP contribution in [-0.4, -0.2) is 47.1 Å². The molecule has 5 nitrogen and oxygen atoms in total. The second kappa shape index (κ2) is 7.64.